The molecule has 3 N–H and O–H groups in total. The van der Waals surface area contributed by atoms with Gasteiger partial charge in [-0.3, -0.25) is 9.59 Å². The maximum Gasteiger partial charge on any atom is 0.313 e. The molecular weight excluding hydrogens is 275 g/mol. The van der Waals surface area contributed by atoms with Crippen LogP contribution >= 0.6 is 0 Å². The van der Waals surface area contributed by atoms with Crippen molar-refractivity contribution in [3.8, 4) is 0 Å². The van der Waals surface area contributed by atoms with Crippen LogP contribution in [-0.4, -0.2) is 29.6 Å². The number of aliphatic hydroxyl groups is 1. The predicted octanol–water partition coefficient (Wildman–Crippen LogP) is 1.35. The van der Waals surface area contributed by atoms with Gasteiger partial charge in [0.15, 0.2) is 0 Å². The number of nitrogens with one attached hydrogen (secondary N) is 2. The number of rotatable bonds is 5. The Labute approximate surface area is 122 Å². The third-order valence-corrected chi connectivity index (χ3v) is 3.57. The molecule has 1 aliphatic rings. The van der Waals surface area contributed by atoms with Crippen LogP contribution in [0.25, 0.3) is 0 Å². The van der Waals surface area contributed by atoms with E-state index in [2.05, 4.69) is 10.6 Å². The Morgan fingerprint density at radius 2 is 2.10 bits per heavy atom. The molecular formula is C15H19FN2O3. The molecule has 1 unspecified atom stereocenters. The lowest BCUT2D eigenvalue weighted by Gasteiger charge is -2.16. The number of benzene rings is 1. The number of hydrogen-bond donors (Lipinski definition) is 3. The molecule has 21 heavy (non-hydrogen) atoms. The average molecular weight is 294 g/mol. The van der Waals surface area contributed by atoms with Crippen LogP contribution in [0.5, 0.6) is 0 Å². The van der Waals surface area contributed by atoms with E-state index in [1.54, 1.807) is 6.92 Å². The number of halogens is 1. The summed E-state index contributed by atoms with van der Waals surface area (Å²) in [5.41, 5.74) is 0.767. The van der Waals surface area contributed by atoms with E-state index < -0.39 is 11.8 Å². The molecule has 5 nitrogen and oxygen atoms in total. The summed E-state index contributed by atoms with van der Waals surface area (Å²) in [5.74, 6) is -1.54. The number of anilines is 1. The van der Waals surface area contributed by atoms with Crippen molar-refractivity contribution in [3.63, 3.8) is 0 Å². The molecule has 114 valence electrons. The van der Waals surface area contributed by atoms with Crippen LogP contribution in [0.2, 0.25) is 0 Å². The molecule has 0 aromatic heterocycles. The number of carbonyl (C=O) groups is 2. The molecule has 1 saturated carbocycles. The molecule has 1 aromatic carbocycles. The van der Waals surface area contributed by atoms with Gasteiger partial charge in [0.1, 0.15) is 5.82 Å². The largest absolute Gasteiger partial charge is 0.396 e. The van der Waals surface area contributed by atoms with E-state index >= 15 is 0 Å². The quantitative estimate of drug-likeness (QED) is 0.717. The zero-order valence-electron chi connectivity index (χ0n) is 11.9. The number of hydrogen-bond acceptors (Lipinski definition) is 3. The summed E-state index contributed by atoms with van der Waals surface area (Å²) in [6.07, 6.45) is 2.45. The maximum absolute atomic E-state index is 13.1. The van der Waals surface area contributed by atoms with Crippen molar-refractivity contribution < 1.29 is 19.1 Å². The van der Waals surface area contributed by atoms with Crippen LogP contribution in [0.15, 0.2) is 18.2 Å². The smallest absolute Gasteiger partial charge is 0.313 e. The van der Waals surface area contributed by atoms with Gasteiger partial charge in [-0.1, -0.05) is 0 Å². The minimum atomic E-state index is -0.787. The Hall–Kier alpha value is -1.95. The standard InChI is InChI=1S/C15H19FN2O3/c1-9-8-11(4-5-12(9)16)17-14(20)15(21)18-13(6-7-19)10-2-3-10/h4-5,8,10,13,19H,2-3,6-7H2,1H3,(H,17,20)(H,18,21). The van der Waals surface area contributed by atoms with E-state index in [0.717, 1.165) is 12.8 Å². The molecule has 1 fully saturated rings. The maximum atomic E-state index is 13.1. The fourth-order valence-electron chi connectivity index (χ4n) is 2.21. The third kappa shape index (κ3) is 4.26. The summed E-state index contributed by atoms with van der Waals surface area (Å²) < 4.78 is 13.1. The Balaban J connectivity index is 1.92. The first-order valence-electron chi connectivity index (χ1n) is 7.00. The Kier molecular flexibility index (Phi) is 4.90. The predicted molar refractivity (Wildman–Crippen MR) is 76.1 cm³/mol. The second-order valence-corrected chi connectivity index (χ2v) is 5.35. The van der Waals surface area contributed by atoms with Gasteiger partial charge in [0.05, 0.1) is 0 Å². The highest BCUT2D eigenvalue weighted by Crippen LogP contribution is 2.33. The monoisotopic (exact) mass is 294 g/mol. The van der Waals surface area contributed by atoms with Gasteiger partial charge < -0.3 is 15.7 Å². The molecule has 0 spiro atoms. The van der Waals surface area contributed by atoms with Crippen molar-refractivity contribution in [1.29, 1.82) is 0 Å². The molecule has 6 heteroatoms. The Morgan fingerprint density at radius 1 is 1.38 bits per heavy atom. The highest BCUT2D eigenvalue weighted by molar-refractivity contribution is 6.39. The summed E-state index contributed by atoms with van der Waals surface area (Å²) >= 11 is 0. The number of aliphatic hydroxyl groups excluding tert-OH is 1. The van der Waals surface area contributed by atoms with Crippen molar-refractivity contribution in [1.82, 2.24) is 5.32 Å². The van der Waals surface area contributed by atoms with Gasteiger partial charge in [-0.25, -0.2) is 4.39 Å². The SMILES string of the molecule is Cc1cc(NC(=O)C(=O)NC(CCO)C2CC2)ccc1F. The lowest BCUT2D eigenvalue weighted by Crippen LogP contribution is -2.43. The second-order valence-electron chi connectivity index (χ2n) is 5.35. The van der Waals surface area contributed by atoms with Crippen molar-refractivity contribution in [2.75, 3.05) is 11.9 Å². The summed E-state index contributed by atoms with van der Waals surface area (Å²) in [6, 6.07) is 3.94. The van der Waals surface area contributed by atoms with Crippen LogP contribution in [0.4, 0.5) is 10.1 Å². The van der Waals surface area contributed by atoms with E-state index in [0.29, 0.717) is 23.6 Å². The third-order valence-electron chi connectivity index (χ3n) is 3.57. The van der Waals surface area contributed by atoms with Gasteiger partial charge in [-0.15, -0.1) is 0 Å². The van der Waals surface area contributed by atoms with Crippen molar-refractivity contribution >= 4 is 17.5 Å². The van der Waals surface area contributed by atoms with E-state index in [9.17, 15) is 14.0 Å². The topological polar surface area (TPSA) is 78.4 Å². The second kappa shape index (κ2) is 6.67. The van der Waals surface area contributed by atoms with Crippen molar-refractivity contribution in [2.45, 2.75) is 32.2 Å². The molecule has 0 radical (unpaired) electrons. The lowest BCUT2D eigenvalue weighted by atomic mass is 10.1. The summed E-state index contributed by atoms with van der Waals surface area (Å²) in [7, 11) is 0. The van der Waals surface area contributed by atoms with E-state index in [4.69, 9.17) is 5.11 Å². The molecule has 0 saturated heterocycles. The van der Waals surface area contributed by atoms with Crippen molar-refractivity contribution in [2.24, 2.45) is 5.92 Å². The number of amides is 2. The molecule has 2 rings (SSSR count). The zero-order valence-corrected chi connectivity index (χ0v) is 11.9. The van der Waals surface area contributed by atoms with Crippen LogP contribution in [0, 0.1) is 18.7 Å². The minimum Gasteiger partial charge on any atom is -0.396 e. The fraction of sp³-hybridized carbons (Fsp3) is 0.467. The van der Waals surface area contributed by atoms with E-state index in [1.807, 2.05) is 0 Å². The van der Waals surface area contributed by atoms with Gasteiger partial charge >= 0.3 is 11.8 Å². The lowest BCUT2D eigenvalue weighted by molar-refractivity contribution is -0.136. The van der Waals surface area contributed by atoms with Gasteiger partial charge in [-0.2, -0.15) is 0 Å². The molecule has 0 bridgehead atoms. The van der Waals surface area contributed by atoms with Gasteiger partial charge in [-0.05, 0) is 55.9 Å². The number of carbonyl (C=O) groups excluding carboxylic acids is 2. The Bertz CT molecular complexity index is 544. The van der Waals surface area contributed by atoms with Gasteiger partial charge in [0, 0.05) is 18.3 Å². The minimum absolute atomic E-state index is 0.0276. The van der Waals surface area contributed by atoms with Crippen LogP contribution in [0.1, 0.15) is 24.8 Å². The van der Waals surface area contributed by atoms with Crippen LogP contribution in [-0.2, 0) is 9.59 Å². The van der Waals surface area contributed by atoms with Gasteiger partial charge in [0.2, 0.25) is 0 Å². The zero-order chi connectivity index (χ0) is 15.4. The molecule has 2 amide bonds. The average Bonchev–Trinajstić information content (AvgIpc) is 3.26. The molecule has 0 heterocycles. The first-order chi connectivity index (χ1) is 10.0. The summed E-state index contributed by atoms with van der Waals surface area (Å²) in [5, 5.41) is 14.0. The first-order valence-corrected chi connectivity index (χ1v) is 7.00. The Morgan fingerprint density at radius 3 is 2.67 bits per heavy atom. The normalized spacial score (nSPS) is 15.4. The fourth-order valence-corrected chi connectivity index (χ4v) is 2.21. The summed E-state index contributed by atoms with van der Waals surface area (Å²) in [6.45, 7) is 1.55. The van der Waals surface area contributed by atoms with E-state index in [1.165, 1.54) is 18.2 Å². The molecule has 1 atom stereocenters. The van der Waals surface area contributed by atoms with Crippen LogP contribution in [0.3, 0.4) is 0 Å². The van der Waals surface area contributed by atoms with Crippen LogP contribution < -0.4 is 10.6 Å². The van der Waals surface area contributed by atoms with Crippen molar-refractivity contribution in [3.05, 3.63) is 29.6 Å². The van der Waals surface area contributed by atoms with E-state index in [-0.39, 0.29) is 18.5 Å². The highest BCUT2D eigenvalue weighted by Gasteiger charge is 2.32. The highest BCUT2D eigenvalue weighted by atomic mass is 19.1. The summed E-state index contributed by atoms with van der Waals surface area (Å²) in [4.78, 5) is 23.6. The molecule has 1 aromatic rings. The van der Waals surface area contributed by atoms with Gasteiger partial charge in [0.25, 0.3) is 0 Å². The molecule has 1 aliphatic carbocycles. The number of aryl methyl sites for hydroxylation is 1. The first kappa shape index (κ1) is 15.4. The molecule has 0 aliphatic heterocycles.